The molecule has 0 saturated heterocycles. The molecular weight excluding hydrogens is 511 g/mol. The molecule has 0 amide bonds. The molecular formula is C25H35IN6. The molecule has 3 aromatic rings. The Morgan fingerprint density at radius 2 is 1.69 bits per heavy atom. The molecule has 0 bridgehead atoms. The van der Waals surface area contributed by atoms with E-state index in [1.165, 1.54) is 11.3 Å². The summed E-state index contributed by atoms with van der Waals surface area (Å²) in [4.78, 5) is 11.3. The molecule has 0 unspecified atom stereocenters. The highest BCUT2D eigenvalue weighted by molar-refractivity contribution is 14.0. The Morgan fingerprint density at radius 3 is 2.38 bits per heavy atom. The third kappa shape index (κ3) is 8.18. The van der Waals surface area contributed by atoms with Crippen molar-refractivity contribution in [3.8, 4) is 0 Å². The molecule has 2 aromatic carbocycles. The molecule has 0 aliphatic heterocycles. The van der Waals surface area contributed by atoms with Gasteiger partial charge in [0.2, 0.25) is 0 Å². The number of anilines is 1. The maximum absolute atomic E-state index is 4.53. The highest BCUT2D eigenvalue weighted by atomic mass is 127. The van der Waals surface area contributed by atoms with Crippen LogP contribution < -0.4 is 15.5 Å². The van der Waals surface area contributed by atoms with E-state index in [9.17, 15) is 0 Å². The zero-order valence-electron chi connectivity index (χ0n) is 19.1. The standard InChI is InChI=1S/C25H34N6.HI/c1-3-30(23-13-8-5-9-14-23)19-10-16-28-25(26-2)29-17-15-24-27-18-20-31(24)21-22-11-6-4-7-12-22;/h4-9,11-14,18,20H,3,10,15-17,19,21H2,1-2H3,(H2,26,28,29);1H. The summed E-state index contributed by atoms with van der Waals surface area (Å²) in [5.41, 5.74) is 2.56. The van der Waals surface area contributed by atoms with Gasteiger partial charge in [0.15, 0.2) is 5.96 Å². The van der Waals surface area contributed by atoms with E-state index in [1.54, 1.807) is 0 Å². The molecule has 0 fully saturated rings. The van der Waals surface area contributed by atoms with Gasteiger partial charge in [-0.05, 0) is 31.0 Å². The third-order valence-corrected chi connectivity index (χ3v) is 5.26. The van der Waals surface area contributed by atoms with Gasteiger partial charge >= 0.3 is 0 Å². The lowest BCUT2D eigenvalue weighted by molar-refractivity contribution is 0.683. The van der Waals surface area contributed by atoms with Gasteiger partial charge in [-0.15, -0.1) is 24.0 Å². The Morgan fingerprint density at radius 1 is 1.00 bits per heavy atom. The van der Waals surface area contributed by atoms with Gasteiger partial charge in [-0.3, -0.25) is 4.99 Å². The van der Waals surface area contributed by atoms with Crippen LogP contribution in [0.25, 0.3) is 0 Å². The largest absolute Gasteiger partial charge is 0.372 e. The zero-order chi connectivity index (χ0) is 21.7. The van der Waals surface area contributed by atoms with Gasteiger partial charge in [-0.2, -0.15) is 0 Å². The highest BCUT2D eigenvalue weighted by Gasteiger charge is 2.06. The van der Waals surface area contributed by atoms with Crippen LogP contribution in [-0.4, -0.2) is 48.7 Å². The van der Waals surface area contributed by atoms with Crippen LogP contribution in [-0.2, 0) is 13.0 Å². The van der Waals surface area contributed by atoms with Crippen LogP contribution in [0.5, 0.6) is 0 Å². The van der Waals surface area contributed by atoms with Crippen molar-refractivity contribution in [2.24, 2.45) is 4.99 Å². The van der Waals surface area contributed by atoms with Gasteiger partial charge in [-0.25, -0.2) is 4.98 Å². The Bertz CT molecular complexity index is 910. The van der Waals surface area contributed by atoms with Crippen LogP contribution in [0.15, 0.2) is 78.0 Å². The predicted molar refractivity (Wildman–Crippen MR) is 145 cm³/mol. The molecule has 1 heterocycles. The molecule has 7 heteroatoms. The van der Waals surface area contributed by atoms with Crippen molar-refractivity contribution in [1.29, 1.82) is 0 Å². The number of aliphatic imine (C=N–C) groups is 1. The van der Waals surface area contributed by atoms with Crippen molar-refractivity contribution in [3.63, 3.8) is 0 Å². The molecule has 1 aromatic heterocycles. The minimum absolute atomic E-state index is 0. The molecule has 32 heavy (non-hydrogen) atoms. The summed E-state index contributed by atoms with van der Waals surface area (Å²) in [6.07, 6.45) is 5.81. The molecule has 2 N–H and O–H groups in total. The van der Waals surface area contributed by atoms with Gasteiger partial charge in [0, 0.05) is 64.3 Å². The molecule has 6 nitrogen and oxygen atoms in total. The third-order valence-electron chi connectivity index (χ3n) is 5.26. The van der Waals surface area contributed by atoms with Crippen LogP contribution in [0.2, 0.25) is 0 Å². The first-order valence-corrected chi connectivity index (χ1v) is 11.1. The second-order valence-corrected chi connectivity index (χ2v) is 7.40. The number of para-hydroxylation sites is 1. The molecule has 172 valence electrons. The Kier molecular flexibility index (Phi) is 11.6. The van der Waals surface area contributed by atoms with E-state index >= 15 is 0 Å². The summed E-state index contributed by atoms with van der Waals surface area (Å²) in [5.74, 6) is 1.91. The topological polar surface area (TPSA) is 57.5 Å². The van der Waals surface area contributed by atoms with Gasteiger partial charge in [-0.1, -0.05) is 48.5 Å². The molecule has 0 spiro atoms. The quantitative estimate of drug-likeness (QED) is 0.164. The van der Waals surface area contributed by atoms with Crippen molar-refractivity contribution in [2.75, 3.05) is 38.1 Å². The smallest absolute Gasteiger partial charge is 0.190 e. The number of halogens is 1. The number of benzene rings is 2. The highest BCUT2D eigenvalue weighted by Crippen LogP contribution is 2.12. The molecule has 0 saturated carbocycles. The first-order valence-electron chi connectivity index (χ1n) is 11.1. The Hall–Kier alpha value is -2.55. The number of guanidine groups is 1. The number of hydrogen-bond acceptors (Lipinski definition) is 3. The average Bonchev–Trinajstić information content (AvgIpc) is 3.26. The second kappa shape index (κ2) is 14.5. The summed E-state index contributed by atoms with van der Waals surface area (Å²) in [6.45, 7) is 6.73. The number of nitrogens with zero attached hydrogens (tertiary/aromatic N) is 4. The molecule has 0 aliphatic rings. The zero-order valence-corrected chi connectivity index (χ0v) is 21.4. The van der Waals surface area contributed by atoms with Crippen molar-refractivity contribution in [3.05, 3.63) is 84.4 Å². The van der Waals surface area contributed by atoms with E-state index in [4.69, 9.17) is 0 Å². The Balaban J connectivity index is 0.00000363. The van der Waals surface area contributed by atoms with Gasteiger partial charge in [0.05, 0.1) is 0 Å². The number of rotatable bonds is 11. The number of hydrogen-bond donors (Lipinski definition) is 2. The van der Waals surface area contributed by atoms with E-state index in [2.05, 4.69) is 91.6 Å². The molecule has 0 radical (unpaired) electrons. The average molecular weight is 547 g/mol. The lowest BCUT2D eigenvalue weighted by atomic mass is 10.2. The first-order chi connectivity index (χ1) is 15.3. The maximum Gasteiger partial charge on any atom is 0.190 e. The fraction of sp³-hybridized carbons (Fsp3) is 0.360. The number of aromatic nitrogens is 2. The number of nitrogens with one attached hydrogen (secondary N) is 2. The second-order valence-electron chi connectivity index (χ2n) is 7.40. The van der Waals surface area contributed by atoms with Crippen molar-refractivity contribution in [1.82, 2.24) is 20.2 Å². The van der Waals surface area contributed by atoms with Gasteiger partial charge in [0.1, 0.15) is 5.82 Å². The van der Waals surface area contributed by atoms with Crippen LogP contribution in [0.3, 0.4) is 0 Å². The predicted octanol–water partition coefficient (Wildman–Crippen LogP) is 4.17. The van der Waals surface area contributed by atoms with E-state index in [0.29, 0.717) is 0 Å². The fourth-order valence-electron chi connectivity index (χ4n) is 3.59. The van der Waals surface area contributed by atoms with Crippen LogP contribution >= 0.6 is 24.0 Å². The lowest BCUT2D eigenvalue weighted by Gasteiger charge is -2.23. The van der Waals surface area contributed by atoms with Gasteiger partial charge < -0.3 is 20.1 Å². The summed E-state index contributed by atoms with van der Waals surface area (Å²) in [7, 11) is 1.81. The van der Waals surface area contributed by atoms with Crippen molar-refractivity contribution < 1.29 is 0 Å². The lowest BCUT2D eigenvalue weighted by Crippen LogP contribution is -2.39. The summed E-state index contributed by atoms with van der Waals surface area (Å²) in [6, 6.07) is 21.0. The van der Waals surface area contributed by atoms with E-state index in [0.717, 1.165) is 57.3 Å². The number of imidazole rings is 1. The normalized spacial score (nSPS) is 11.0. The van der Waals surface area contributed by atoms with E-state index < -0.39 is 0 Å². The summed E-state index contributed by atoms with van der Waals surface area (Å²) < 4.78 is 2.20. The van der Waals surface area contributed by atoms with Crippen molar-refractivity contribution >= 4 is 35.6 Å². The minimum atomic E-state index is 0. The van der Waals surface area contributed by atoms with E-state index in [1.807, 2.05) is 25.5 Å². The van der Waals surface area contributed by atoms with E-state index in [-0.39, 0.29) is 24.0 Å². The summed E-state index contributed by atoms with van der Waals surface area (Å²) >= 11 is 0. The van der Waals surface area contributed by atoms with Crippen LogP contribution in [0.4, 0.5) is 5.69 Å². The summed E-state index contributed by atoms with van der Waals surface area (Å²) in [5, 5.41) is 6.82. The van der Waals surface area contributed by atoms with Crippen molar-refractivity contribution in [2.45, 2.75) is 26.3 Å². The fourth-order valence-corrected chi connectivity index (χ4v) is 3.59. The van der Waals surface area contributed by atoms with Crippen LogP contribution in [0, 0.1) is 0 Å². The van der Waals surface area contributed by atoms with Crippen LogP contribution in [0.1, 0.15) is 24.7 Å². The minimum Gasteiger partial charge on any atom is -0.372 e. The maximum atomic E-state index is 4.53. The molecule has 0 aliphatic carbocycles. The molecule has 3 rings (SSSR count). The first kappa shape index (κ1) is 25.7. The monoisotopic (exact) mass is 546 g/mol. The molecule has 0 atom stereocenters. The van der Waals surface area contributed by atoms with Gasteiger partial charge in [0.25, 0.3) is 0 Å². The Labute approximate surface area is 209 Å². The SMILES string of the molecule is CCN(CCCNC(=NC)NCCc1nccn1Cc1ccccc1)c1ccccc1.I.